The van der Waals surface area contributed by atoms with Crippen LogP contribution in [-0.2, 0) is 54.5 Å². The second-order valence-electron chi connectivity index (χ2n) is 10.1. The Morgan fingerprint density at radius 3 is 1.75 bits per heavy atom. The van der Waals surface area contributed by atoms with Crippen LogP contribution in [0.1, 0.15) is 0 Å². The van der Waals surface area contributed by atoms with Gasteiger partial charge in [0.1, 0.15) is 48.9 Å². The van der Waals surface area contributed by atoms with Gasteiger partial charge in [0.25, 0.3) is 0 Å². The molecule has 0 atom stereocenters. The van der Waals surface area contributed by atoms with Crippen molar-refractivity contribution < 1.29 is 154 Å². The molecule has 0 radical (unpaired) electrons. The van der Waals surface area contributed by atoms with Crippen molar-refractivity contribution in [3.05, 3.63) is 78.7 Å². The Morgan fingerprint density at radius 2 is 1.22 bits per heavy atom. The predicted molar refractivity (Wildman–Crippen MR) is 178 cm³/mol. The maximum atomic E-state index is 12.9. The van der Waals surface area contributed by atoms with Crippen molar-refractivity contribution in [1.82, 2.24) is 0 Å². The van der Waals surface area contributed by atoms with Gasteiger partial charge in [0.15, 0.2) is 15.6 Å². The van der Waals surface area contributed by atoms with Crippen LogP contribution in [0.5, 0.6) is 5.75 Å². The van der Waals surface area contributed by atoms with E-state index in [1.807, 2.05) is 0 Å². The van der Waals surface area contributed by atoms with Crippen LogP contribution in [0.25, 0.3) is 10.8 Å². The zero-order chi connectivity index (χ0) is 38.7. The average molecular weight is 886 g/mol. The summed E-state index contributed by atoms with van der Waals surface area (Å²) >= 11 is 0. The van der Waals surface area contributed by atoms with Gasteiger partial charge in [0.2, 0.25) is 20.2 Å². The molecular formula is C27H22N5Na3O15S5. The summed E-state index contributed by atoms with van der Waals surface area (Å²) in [4.78, 5) is -2.22. The van der Waals surface area contributed by atoms with E-state index in [-0.39, 0.29) is 110 Å². The molecule has 0 saturated heterocycles. The maximum Gasteiger partial charge on any atom is 1.00 e. The first kappa shape index (κ1) is 51.3. The van der Waals surface area contributed by atoms with Crippen molar-refractivity contribution in [3.8, 4) is 5.75 Å². The van der Waals surface area contributed by atoms with Gasteiger partial charge >= 0.3 is 88.7 Å². The molecule has 0 saturated carbocycles. The number of azo groups is 2. The minimum absolute atomic E-state index is 0. The molecule has 0 fully saturated rings. The topological polar surface area (TPSA) is 331 Å². The van der Waals surface area contributed by atoms with Crippen LogP contribution in [0.15, 0.2) is 114 Å². The van der Waals surface area contributed by atoms with Crippen LogP contribution < -0.4 is 94.0 Å². The number of anilines is 1. The van der Waals surface area contributed by atoms with E-state index >= 15 is 0 Å². The minimum atomic E-state index is -5.59. The number of rotatable bonds is 15. The third-order valence-corrected chi connectivity index (χ3v) is 11.5. The van der Waals surface area contributed by atoms with Crippen LogP contribution in [0.4, 0.5) is 28.4 Å². The SMILES string of the molecule is C=CS(=O)(=O)c1ccccc1N=Nc1c(NCS(=O)(=O)[O-])ccc2c(O)c(N=Nc3ccccc3S(=O)(=O)CCOS(=O)(=O)[O-])c(S(=O)(=O)[O-])cc12.[Na+].[Na+].[Na+]. The average Bonchev–Trinajstić information content (AvgIpc) is 3.04. The van der Waals surface area contributed by atoms with Crippen molar-refractivity contribution in [2.45, 2.75) is 14.7 Å². The molecule has 28 heteroatoms. The van der Waals surface area contributed by atoms with Crippen LogP contribution in [0.3, 0.4) is 0 Å². The van der Waals surface area contributed by atoms with Crippen LogP contribution in [0, 0.1) is 0 Å². The fourth-order valence-corrected chi connectivity index (χ4v) is 7.79. The second-order valence-corrected chi connectivity index (χ2v) is 17.8. The van der Waals surface area contributed by atoms with Gasteiger partial charge < -0.3 is 24.1 Å². The molecule has 0 aromatic heterocycles. The first-order valence-corrected chi connectivity index (χ1v) is 21.2. The van der Waals surface area contributed by atoms with Gasteiger partial charge in [-0.15, -0.1) is 20.5 Å². The molecular weight excluding hydrogens is 864 g/mol. The first-order valence-electron chi connectivity index (χ1n) is 13.7. The molecule has 0 bridgehead atoms. The third-order valence-electron chi connectivity index (χ3n) is 6.60. The largest absolute Gasteiger partial charge is 1.00 e. The van der Waals surface area contributed by atoms with Crippen molar-refractivity contribution in [2.24, 2.45) is 20.5 Å². The fraction of sp³-hybridized carbons (Fsp3) is 0.111. The van der Waals surface area contributed by atoms with Crippen LogP contribution in [-0.4, -0.2) is 79.1 Å². The summed E-state index contributed by atoms with van der Waals surface area (Å²) < 4.78 is 158. The number of benzene rings is 4. The van der Waals surface area contributed by atoms with Gasteiger partial charge in [-0.25, -0.2) is 42.1 Å². The Balaban J connectivity index is 0.00000504. The number of phenolic OH excluding ortho intramolecular Hbond substituents is 1. The van der Waals surface area contributed by atoms with Gasteiger partial charge in [0, 0.05) is 16.2 Å². The number of nitrogens with one attached hydrogen (secondary N) is 1. The van der Waals surface area contributed by atoms with Gasteiger partial charge in [-0.3, -0.25) is 4.18 Å². The summed E-state index contributed by atoms with van der Waals surface area (Å²) in [5, 5.41) is 28.6. The van der Waals surface area contributed by atoms with Crippen molar-refractivity contribution in [3.63, 3.8) is 0 Å². The predicted octanol–water partition coefficient (Wildman–Crippen LogP) is -5.63. The molecule has 0 heterocycles. The summed E-state index contributed by atoms with van der Waals surface area (Å²) in [5.41, 5.74) is -2.56. The monoisotopic (exact) mass is 885 g/mol. The van der Waals surface area contributed by atoms with Crippen molar-refractivity contribution in [1.29, 1.82) is 0 Å². The summed E-state index contributed by atoms with van der Waals surface area (Å²) in [6.45, 7) is 2.18. The molecule has 2 N–H and O–H groups in total. The fourth-order valence-electron chi connectivity index (χ4n) is 4.34. The molecule has 0 amide bonds. The quantitative estimate of drug-likeness (QED) is 0.0486. The molecule has 0 aliphatic heterocycles. The summed E-state index contributed by atoms with van der Waals surface area (Å²) in [6.07, 6.45) is 0. The zero-order valence-corrected chi connectivity index (χ0v) is 38.8. The molecule has 0 aliphatic carbocycles. The Morgan fingerprint density at radius 1 is 0.691 bits per heavy atom. The van der Waals surface area contributed by atoms with E-state index in [1.54, 1.807) is 0 Å². The molecule has 4 rings (SSSR count). The summed E-state index contributed by atoms with van der Waals surface area (Å²) in [6, 6.07) is 12.5. The molecule has 55 heavy (non-hydrogen) atoms. The maximum absolute atomic E-state index is 12.9. The van der Waals surface area contributed by atoms with Gasteiger partial charge in [-0.2, -0.15) is 0 Å². The number of hydrogen-bond acceptors (Lipinski definition) is 20. The van der Waals surface area contributed by atoms with Crippen molar-refractivity contribution >= 4 is 89.5 Å². The van der Waals surface area contributed by atoms with E-state index in [9.17, 15) is 60.9 Å². The Hall–Kier alpha value is -1.73. The van der Waals surface area contributed by atoms with Gasteiger partial charge in [0.05, 0.1) is 32.7 Å². The zero-order valence-electron chi connectivity index (χ0n) is 28.7. The molecule has 4 aromatic rings. The number of aromatic hydroxyl groups is 1. The minimum Gasteiger partial charge on any atom is -0.747 e. The number of sulfone groups is 2. The molecule has 0 spiro atoms. The Kier molecular flexibility index (Phi) is 18.9. The second kappa shape index (κ2) is 20.3. The van der Waals surface area contributed by atoms with E-state index < -0.39 is 107 Å². The molecule has 4 aromatic carbocycles. The third kappa shape index (κ3) is 13.7. The standard InChI is InChI=1S/C27H25N5O15S5.3Na/c1-2-48(34,35)22-9-5-3-7-19(22)29-31-25-18-15-24(51(41,42)43)26(27(33)17(18)11-12-21(25)28-16-50(38,39)40)32-30-20-8-4-6-10-23(20)49(36,37)14-13-47-52(44,45)46;;;/h2-12,15,28,33H,1,13-14,16H2,(H,38,39,40)(H,41,42,43)(H,44,45,46);;;/q;3*+1/p-3. The molecule has 20 nitrogen and oxygen atoms in total. The molecule has 0 unspecified atom stereocenters. The van der Waals surface area contributed by atoms with E-state index in [1.165, 1.54) is 30.3 Å². The Bertz CT molecular complexity index is 2720. The van der Waals surface area contributed by atoms with Crippen molar-refractivity contribution in [2.75, 3.05) is 23.6 Å². The molecule has 0 aliphatic rings. The van der Waals surface area contributed by atoms with E-state index in [0.29, 0.717) is 11.5 Å². The number of hydrogen-bond donors (Lipinski definition) is 2. The van der Waals surface area contributed by atoms with Crippen LogP contribution >= 0.6 is 0 Å². The van der Waals surface area contributed by atoms with E-state index in [0.717, 1.165) is 30.3 Å². The van der Waals surface area contributed by atoms with Gasteiger partial charge in [-0.1, -0.05) is 30.8 Å². The van der Waals surface area contributed by atoms with Crippen LogP contribution in [0.2, 0.25) is 0 Å². The smallest absolute Gasteiger partial charge is 0.747 e. The molecule has 278 valence electrons. The summed E-state index contributed by atoms with van der Waals surface area (Å²) in [7, 11) is -24.3. The normalized spacial score (nSPS) is 12.5. The number of fused-ring (bicyclic) bond motifs is 1. The Labute approximate surface area is 381 Å². The summed E-state index contributed by atoms with van der Waals surface area (Å²) in [5.74, 6) is -3.29. The number of phenols is 1. The van der Waals surface area contributed by atoms with E-state index in [4.69, 9.17) is 0 Å². The van der Waals surface area contributed by atoms with E-state index in [2.05, 4.69) is 36.5 Å². The number of nitrogens with zero attached hydrogens (tertiary/aromatic N) is 4. The first-order chi connectivity index (χ1) is 24.0. The van der Waals surface area contributed by atoms with Gasteiger partial charge in [-0.05, 0) is 42.5 Å².